The zero-order valence-corrected chi connectivity index (χ0v) is 13.5. The average molecular weight is 337 g/mol. The third kappa shape index (κ3) is 5.33. The van der Waals surface area contributed by atoms with Gasteiger partial charge in [-0.05, 0) is 30.0 Å². The van der Waals surface area contributed by atoms with Gasteiger partial charge in [-0.15, -0.1) is 0 Å². The second-order valence-electron chi connectivity index (χ2n) is 5.29. The summed E-state index contributed by atoms with van der Waals surface area (Å²) in [5.74, 6) is 1.14. The minimum Gasteiger partial charge on any atom is -0.354 e. The van der Waals surface area contributed by atoms with Crippen LogP contribution in [0.5, 0.6) is 0 Å². The molecule has 1 heterocycles. The molecule has 0 unspecified atom stereocenters. The number of anilines is 3. The number of hydrogen-bond donors (Lipinski definition) is 2. The summed E-state index contributed by atoms with van der Waals surface area (Å²) in [6, 6.07) is 6.05. The molecule has 0 fully saturated rings. The fraction of sp³-hybridized carbons (Fsp3) is 0.357. The van der Waals surface area contributed by atoms with E-state index in [-0.39, 0.29) is 16.9 Å². The Morgan fingerprint density at radius 2 is 2.00 bits per heavy atom. The standard InChI is InChI=1S/C14H17ClN6O2/c1-9(2)6-7-16-13-18-12(15)19-14(20-13)17-10-4-3-5-11(8-10)21(22)23/h3-5,8-9H,6-7H2,1-2H3,(H2,16,17,18,19,20). The third-order valence-corrected chi connectivity index (χ3v) is 3.10. The van der Waals surface area contributed by atoms with E-state index in [1.165, 1.54) is 12.1 Å². The predicted octanol–water partition coefficient (Wildman–Crippen LogP) is 3.63. The first-order valence-corrected chi connectivity index (χ1v) is 7.49. The van der Waals surface area contributed by atoms with Crippen LogP contribution in [-0.2, 0) is 0 Å². The lowest BCUT2D eigenvalue weighted by Gasteiger charge is -2.09. The van der Waals surface area contributed by atoms with Crippen molar-refractivity contribution in [2.75, 3.05) is 17.2 Å². The molecule has 0 aliphatic heterocycles. The summed E-state index contributed by atoms with van der Waals surface area (Å²) in [4.78, 5) is 22.5. The van der Waals surface area contributed by atoms with Crippen molar-refractivity contribution in [3.63, 3.8) is 0 Å². The molecule has 122 valence electrons. The van der Waals surface area contributed by atoms with Crippen LogP contribution in [0.1, 0.15) is 20.3 Å². The molecule has 23 heavy (non-hydrogen) atoms. The number of nitrogens with one attached hydrogen (secondary N) is 2. The molecule has 2 N–H and O–H groups in total. The van der Waals surface area contributed by atoms with Gasteiger partial charge in [-0.25, -0.2) is 0 Å². The number of halogens is 1. The first-order chi connectivity index (χ1) is 10.9. The van der Waals surface area contributed by atoms with Gasteiger partial charge in [0.25, 0.3) is 5.69 Å². The van der Waals surface area contributed by atoms with Crippen LogP contribution in [0.3, 0.4) is 0 Å². The smallest absolute Gasteiger partial charge is 0.271 e. The highest BCUT2D eigenvalue weighted by Crippen LogP contribution is 2.20. The number of hydrogen-bond acceptors (Lipinski definition) is 7. The lowest BCUT2D eigenvalue weighted by Crippen LogP contribution is -2.10. The van der Waals surface area contributed by atoms with Gasteiger partial charge in [0.2, 0.25) is 17.2 Å². The maximum atomic E-state index is 10.8. The van der Waals surface area contributed by atoms with Crippen LogP contribution < -0.4 is 10.6 Å². The molecule has 0 aliphatic carbocycles. The number of nitro groups is 1. The van der Waals surface area contributed by atoms with Gasteiger partial charge >= 0.3 is 0 Å². The SMILES string of the molecule is CC(C)CCNc1nc(Cl)nc(Nc2cccc([N+](=O)[O-])c2)n1. The topological polar surface area (TPSA) is 106 Å². The van der Waals surface area contributed by atoms with E-state index in [0.29, 0.717) is 24.1 Å². The van der Waals surface area contributed by atoms with Crippen LogP contribution >= 0.6 is 11.6 Å². The molecular weight excluding hydrogens is 320 g/mol. The van der Waals surface area contributed by atoms with Gasteiger partial charge in [-0.3, -0.25) is 10.1 Å². The van der Waals surface area contributed by atoms with Crippen LogP contribution in [-0.4, -0.2) is 26.4 Å². The summed E-state index contributed by atoms with van der Waals surface area (Å²) >= 11 is 5.89. The Balaban J connectivity index is 2.12. The fourth-order valence-corrected chi connectivity index (χ4v) is 1.94. The Labute approximate surface area is 138 Å². The number of nitro benzene ring substituents is 1. The van der Waals surface area contributed by atoms with E-state index in [1.807, 2.05) is 0 Å². The maximum Gasteiger partial charge on any atom is 0.271 e. The number of nitrogens with zero attached hydrogens (tertiary/aromatic N) is 4. The van der Waals surface area contributed by atoms with Crippen LogP contribution in [0.2, 0.25) is 5.28 Å². The molecule has 1 aromatic carbocycles. The first-order valence-electron chi connectivity index (χ1n) is 7.11. The van der Waals surface area contributed by atoms with Crippen molar-refractivity contribution in [2.24, 2.45) is 5.92 Å². The first kappa shape index (κ1) is 16.9. The summed E-state index contributed by atoms with van der Waals surface area (Å²) in [5, 5.41) is 16.8. The lowest BCUT2D eigenvalue weighted by molar-refractivity contribution is -0.384. The largest absolute Gasteiger partial charge is 0.354 e. The predicted molar refractivity (Wildman–Crippen MR) is 89.2 cm³/mol. The van der Waals surface area contributed by atoms with Crippen LogP contribution in [0, 0.1) is 16.0 Å². The summed E-state index contributed by atoms with van der Waals surface area (Å²) < 4.78 is 0. The zero-order chi connectivity index (χ0) is 16.8. The summed E-state index contributed by atoms with van der Waals surface area (Å²) in [6.07, 6.45) is 0.969. The minimum atomic E-state index is -0.468. The number of benzene rings is 1. The number of aromatic nitrogens is 3. The summed E-state index contributed by atoms with van der Waals surface area (Å²) in [7, 11) is 0. The quantitative estimate of drug-likeness (QED) is 0.587. The zero-order valence-electron chi connectivity index (χ0n) is 12.8. The van der Waals surface area contributed by atoms with Crippen molar-refractivity contribution in [1.82, 2.24) is 15.0 Å². The fourth-order valence-electron chi connectivity index (χ4n) is 1.78. The Morgan fingerprint density at radius 3 is 2.70 bits per heavy atom. The Bertz CT molecular complexity index is 695. The van der Waals surface area contributed by atoms with E-state index >= 15 is 0 Å². The minimum absolute atomic E-state index is 0.0227. The summed E-state index contributed by atoms with van der Waals surface area (Å²) in [6.45, 7) is 4.96. The molecular formula is C14H17ClN6O2. The second kappa shape index (κ2) is 7.68. The molecule has 0 bridgehead atoms. The molecule has 0 spiro atoms. The van der Waals surface area contributed by atoms with Gasteiger partial charge in [0.05, 0.1) is 4.92 Å². The highest BCUT2D eigenvalue weighted by Gasteiger charge is 2.09. The summed E-state index contributed by atoms with van der Waals surface area (Å²) in [5.41, 5.74) is 0.472. The molecule has 8 nitrogen and oxygen atoms in total. The van der Waals surface area contributed by atoms with Crippen LogP contribution in [0.15, 0.2) is 24.3 Å². The van der Waals surface area contributed by atoms with E-state index < -0.39 is 4.92 Å². The maximum absolute atomic E-state index is 10.8. The van der Waals surface area contributed by atoms with Gasteiger partial charge in [0.15, 0.2) is 0 Å². The van der Waals surface area contributed by atoms with Crippen molar-refractivity contribution in [3.8, 4) is 0 Å². The van der Waals surface area contributed by atoms with Crippen molar-refractivity contribution in [3.05, 3.63) is 39.7 Å². The van der Waals surface area contributed by atoms with Gasteiger partial charge in [0, 0.05) is 24.4 Å². The molecule has 0 amide bonds. The molecule has 9 heteroatoms. The molecule has 0 radical (unpaired) electrons. The van der Waals surface area contributed by atoms with Gasteiger partial charge in [-0.1, -0.05) is 19.9 Å². The number of rotatable bonds is 7. The van der Waals surface area contributed by atoms with Crippen molar-refractivity contribution in [1.29, 1.82) is 0 Å². The van der Waals surface area contributed by atoms with E-state index in [0.717, 1.165) is 6.42 Å². The Morgan fingerprint density at radius 1 is 1.26 bits per heavy atom. The molecule has 1 aromatic heterocycles. The second-order valence-corrected chi connectivity index (χ2v) is 5.63. The van der Waals surface area contributed by atoms with E-state index in [9.17, 15) is 10.1 Å². The average Bonchev–Trinajstić information content (AvgIpc) is 2.46. The Kier molecular flexibility index (Phi) is 5.64. The normalized spacial score (nSPS) is 10.6. The van der Waals surface area contributed by atoms with Gasteiger partial charge in [0.1, 0.15) is 0 Å². The third-order valence-electron chi connectivity index (χ3n) is 2.93. The number of non-ortho nitro benzene ring substituents is 1. The van der Waals surface area contributed by atoms with Crippen molar-refractivity contribution >= 4 is 34.9 Å². The molecule has 0 saturated carbocycles. The molecule has 2 rings (SSSR count). The molecule has 0 atom stereocenters. The Hall–Kier alpha value is -2.48. The monoisotopic (exact) mass is 336 g/mol. The molecule has 0 aliphatic rings. The van der Waals surface area contributed by atoms with E-state index in [1.54, 1.807) is 12.1 Å². The van der Waals surface area contributed by atoms with Crippen molar-refractivity contribution in [2.45, 2.75) is 20.3 Å². The van der Waals surface area contributed by atoms with Crippen molar-refractivity contribution < 1.29 is 4.92 Å². The molecule has 2 aromatic rings. The highest BCUT2D eigenvalue weighted by atomic mass is 35.5. The van der Waals surface area contributed by atoms with Crippen LogP contribution in [0.25, 0.3) is 0 Å². The highest BCUT2D eigenvalue weighted by molar-refractivity contribution is 6.28. The van der Waals surface area contributed by atoms with Gasteiger partial charge < -0.3 is 10.6 Å². The van der Waals surface area contributed by atoms with Crippen LogP contribution in [0.4, 0.5) is 23.3 Å². The van der Waals surface area contributed by atoms with E-state index in [2.05, 4.69) is 39.4 Å². The lowest BCUT2D eigenvalue weighted by atomic mass is 10.1. The van der Waals surface area contributed by atoms with Gasteiger partial charge in [-0.2, -0.15) is 15.0 Å². The molecule has 0 saturated heterocycles. The van der Waals surface area contributed by atoms with E-state index in [4.69, 9.17) is 11.6 Å².